The highest BCUT2D eigenvalue weighted by Crippen LogP contribution is 2.36. The van der Waals surface area contributed by atoms with Gasteiger partial charge in [0.1, 0.15) is 6.61 Å². The van der Waals surface area contributed by atoms with Gasteiger partial charge in [-0.25, -0.2) is 5.43 Å². The van der Waals surface area contributed by atoms with Crippen molar-refractivity contribution in [3.05, 3.63) is 92.5 Å². The largest absolute Gasteiger partial charge is 0.493 e. The van der Waals surface area contributed by atoms with Gasteiger partial charge in [0.25, 0.3) is 0 Å². The molecule has 0 bridgehead atoms. The number of hydrazone groups is 1. The van der Waals surface area contributed by atoms with Crippen molar-refractivity contribution >= 4 is 35.3 Å². The second-order valence-electron chi connectivity index (χ2n) is 7.34. The van der Waals surface area contributed by atoms with Crippen LogP contribution in [-0.2, 0) is 17.8 Å². The third-order valence-corrected chi connectivity index (χ3v) is 5.42. The lowest BCUT2D eigenvalue weighted by Gasteiger charge is -2.13. The van der Waals surface area contributed by atoms with E-state index in [0.29, 0.717) is 33.7 Å². The maximum absolute atomic E-state index is 12.2. The molecule has 3 aromatic rings. The summed E-state index contributed by atoms with van der Waals surface area (Å²) >= 11 is 12.3. The van der Waals surface area contributed by atoms with Crippen molar-refractivity contribution in [2.45, 2.75) is 26.9 Å². The number of nitrogens with zero attached hydrogens (tertiary/aromatic N) is 1. The van der Waals surface area contributed by atoms with Crippen molar-refractivity contribution < 1.29 is 14.3 Å². The molecule has 32 heavy (non-hydrogen) atoms. The summed E-state index contributed by atoms with van der Waals surface area (Å²) in [5.74, 6) is 0.694. The number of methoxy groups -OCH3 is 1. The zero-order chi connectivity index (χ0) is 23.1. The van der Waals surface area contributed by atoms with Gasteiger partial charge >= 0.3 is 0 Å². The van der Waals surface area contributed by atoms with Crippen LogP contribution in [0.2, 0.25) is 10.0 Å². The van der Waals surface area contributed by atoms with E-state index < -0.39 is 0 Å². The molecule has 0 aliphatic carbocycles. The molecule has 3 rings (SSSR count). The zero-order valence-corrected chi connectivity index (χ0v) is 19.6. The molecule has 0 fully saturated rings. The Labute approximate surface area is 198 Å². The molecule has 1 amide bonds. The molecule has 5 nitrogen and oxygen atoms in total. The first kappa shape index (κ1) is 23.6. The van der Waals surface area contributed by atoms with Crippen LogP contribution < -0.4 is 14.9 Å². The summed E-state index contributed by atoms with van der Waals surface area (Å²) in [5, 5.41) is 5.07. The van der Waals surface area contributed by atoms with Gasteiger partial charge in [-0.2, -0.15) is 5.10 Å². The number of ether oxygens (including phenoxy) is 2. The standard InChI is InChI=1S/C25H24Cl2N2O3/c1-16-4-5-19(10-17(16)2)13-24(30)29-28-14-20-11-22(27)25(23(12-20)31-3)32-15-18-6-8-21(26)9-7-18/h4-12,14H,13,15H2,1-3H3,(H,29,30)/b28-14-. The van der Waals surface area contributed by atoms with Gasteiger partial charge in [0.05, 0.1) is 24.8 Å². The highest BCUT2D eigenvalue weighted by Gasteiger charge is 2.12. The Hall–Kier alpha value is -3.02. The third-order valence-electron chi connectivity index (χ3n) is 4.89. The number of rotatable bonds is 8. The molecule has 0 atom stereocenters. The predicted molar refractivity (Wildman–Crippen MR) is 129 cm³/mol. The number of benzene rings is 3. The van der Waals surface area contributed by atoms with E-state index in [1.54, 1.807) is 24.3 Å². The Balaban J connectivity index is 1.62. The number of carbonyl (C=O) groups excluding carboxylic acids is 1. The van der Waals surface area contributed by atoms with E-state index in [1.807, 2.05) is 44.2 Å². The minimum Gasteiger partial charge on any atom is -0.493 e. The maximum Gasteiger partial charge on any atom is 0.244 e. The first-order chi connectivity index (χ1) is 15.4. The van der Waals surface area contributed by atoms with E-state index in [2.05, 4.69) is 10.5 Å². The number of carbonyl (C=O) groups is 1. The fraction of sp³-hybridized carbons (Fsp3) is 0.200. The molecular weight excluding hydrogens is 447 g/mol. The second-order valence-corrected chi connectivity index (χ2v) is 8.18. The average molecular weight is 471 g/mol. The number of amides is 1. The monoisotopic (exact) mass is 470 g/mol. The Kier molecular flexibility index (Phi) is 8.14. The first-order valence-electron chi connectivity index (χ1n) is 9.98. The van der Waals surface area contributed by atoms with Crippen LogP contribution in [-0.4, -0.2) is 19.2 Å². The zero-order valence-electron chi connectivity index (χ0n) is 18.1. The van der Waals surface area contributed by atoms with Gasteiger partial charge < -0.3 is 9.47 Å². The Morgan fingerprint density at radius 2 is 1.72 bits per heavy atom. The summed E-state index contributed by atoms with van der Waals surface area (Å²) < 4.78 is 11.3. The molecule has 3 aromatic carbocycles. The fourth-order valence-electron chi connectivity index (χ4n) is 3.01. The molecule has 0 radical (unpaired) electrons. The number of hydrogen-bond donors (Lipinski definition) is 1. The van der Waals surface area contributed by atoms with Gasteiger partial charge in [-0.1, -0.05) is 53.5 Å². The van der Waals surface area contributed by atoms with Crippen LogP contribution in [0.1, 0.15) is 27.8 Å². The fourth-order valence-corrected chi connectivity index (χ4v) is 3.41. The highest BCUT2D eigenvalue weighted by atomic mass is 35.5. The Morgan fingerprint density at radius 1 is 1.00 bits per heavy atom. The Bertz CT molecular complexity index is 1130. The normalized spacial score (nSPS) is 10.9. The molecular formula is C25H24Cl2N2O3. The first-order valence-corrected chi connectivity index (χ1v) is 10.7. The lowest BCUT2D eigenvalue weighted by atomic mass is 10.0. The van der Waals surface area contributed by atoms with Gasteiger partial charge in [0.2, 0.25) is 5.91 Å². The van der Waals surface area contributed by atoms with Crippen LogP contribution >= 0.6 is 23.2 Å². The highest BCUT2D eigenvalue weighted by molar-refractivity contribution is 6.32. The minimum absolute atomic E-state index is 0.203. The molecule has 0 saturated heterocycles. The smallest absolute Gasteiger partial charge is 0.244 e. The molecule has 166 valence electrons. The van der Waals surface area contributed by atoms with Crippen molar-refractivity contribution in [2.75, 3.05) is 7.11 Å². The van der Waals surface area contributed by atoms with Crippen molar-refractivity contribution in [3.63, 3.8) is 0 Å². The van der Waals surface area contributed by atoms with E-state index in [9.17, 15) is 4.79 Å². The van der Waals surface area contributed by atoms with E-state index in [1.165, 1.54) is 18.9 Å². The average Bonchev–Trinajstić information content (AvgIpc) is 2.76. The molecule has 1 N–H and O–H groups in total. The summed E-state index contributed by atoms with van der Waals surface area (Å²) in [6.07, 6.45) is 1.76. The summed E-state index contributed by atoms with van der Waals surface area (Å²) in [7, 11) is 1.53. The van der Waals surface area contributed by atoms with Crippen LogP contribution in [0, 0.1) is 13.8 Å². The molecule has 7 heteroatoms. The topological polar surface area (TPSA) is 59.9 Å². The number of halogens is 2. The number of nitrogens with one attached hydrogen (secondary N) is 1. The predicted octanol–water partition coefficient (Wildman–Crippen LogP) is 5.89. The SMILES string of the molecule is COc1cc(/C=N\NC(=O)Cc2ccc(C)c(C)c2)cc(Cl)c1OCc1ccc(Cl)cc1. The van der Waals surface area contributed by atoms with Crippen LogP contribution in [0.4, 0.5) is 0 Å². The van der Waals surface area contributed by atoms with E-state index in [0.717, 1.165) is 16.7 Å². The lowest BCUT2D eigenvalue weighted by molar-refractivity contribution is -0.120. The number of aryl methyl sites for hydroxylation is 2. The molecule has 0 unspecified atom stereocenters. The quantitative estimate of drug-likeness (QED) is 0.329. The summed E-state index contributed by atoms with van der Waals surface area (Å²) in [4.78, 5) is 12.2. The lowest BCUT2D eigenvalue weighted by Crippen LogP contribution is -2.19. The van der Waals surface area contributed by atoms with E-state index in [-0.39, 0.29) is 12.3 Å². The molecule has 0 spiro atoms. The third kappa shape index (κ3) is 6.49. The molecule has 0 aliphatic rings. The van der Waals surface area contributed by atoms with Crippen LogP contribution in [0.3, 0.4) is 0 Å². The summed E-state index contributed by atoms with van der Waals surface area (Å²) in [6, 6.07) is 16.7. The van der Waals surface area contributed by atoms with Crippen LogP contribution in [0.15, 0.2) is 59.7 Å². The maximum atomic E-state index is 12.2. The Morgan fingerprint density at radius 3 is 2.41 bits per heavy atom. The van der Waals surface area contributed by atoms with Crippen LogP contribution in [0.25, 0.3) is 0 Å². The molecule has 0 aliphatic heterocycles. The van der Waals surface area contributed by atoms with Crippen molar-refractivity contribution in [1.82, 2.24) is 5.43 Å². The minimum atomic E-state index is -0.203. The molecule has 0 aromatic heterocycles. The van der Waals surface area contributed by atoms with Gasteiger partial charge in [-0.15, -0.1) is 0 Å². The second kappa shape index (κ2) is 11.0. The van der Waals surface area contributed by atoms with Gasteiger partial charge in [-0.3, -0.25) is 4.79 Å². The van der Waals surface area contributed by atoms with Crippen molar-refractivity contribution in [3.8, 4) is 11.5 Å². The molecule has 0 saturated carbocycles. The van der Waals surface area contributed by atoms with Gasteiger partial charge in [0, 0.05) is 5.02 Å². The van der Waals surface area contributed by atoms with E-state index in [4.69, 9.17) is 32.7 Å². The van der Waals surface area contributed by atoms with Gasteiger partial charge in [-0.05, 0) is 65.9 Å². The summed E-state index contributed by atoms with van der Waals surface area (Å²) in [5.41, 5.74) is 7.44. The number of hydrogen-bond acceptors (Lipinski definition) is 4. The van der Waals surface area contributed by atoms with Gasteiger partial charge in [0.15, 0.2) is 11.5 Å². The van der Waals surface area contributed by atoms with Crippen molar-refractivity contribution in [2.24, 2.45) is 5.10 Å². The molecule has 0 heterocycles. The van der Waals surface area contributed by atoms with E-state index >= 15 is 0 Å². The summed E-state index contributed by atoms with van der Waals surface area (Å²) in [6.45, 7) is 4.38. The van der Waals surface area contributed by atoms with Crippen molar-refractivity contribution in [1.29, 1.82) is 0 Å². The van der Waals surface area contributed by atoms with Crippen LogP contribution in [0.5, 0.6) is 11.5 Å².